The van der Waals surface area contributed by atoms with Crippen molar-refractivity contribution in [2.45, 2.75) is 25.8 Å². The van der Waals surface area contributed by atoms with Crippen molar-refractivity contribution >= 4 is 5.91 Å². The molecule has 29 heavy (non-hydrogen) atoms. The summed E-state index contributed by atoms with van der Waals surface area (Å²) in [5.74, 6) is 0.658. The molecule has 1 aromatic heterocycles. The molecule has 2 heterocycles. The van der Waals surface area contributed by atoms with Gasteiger partial charge in [-0.3, -0.25) is 9.69 Å². The van der Waals surface area contributed by atoms with Gasteiger partial charge in [0.1, 0.15) is 5.82 Å². The minimum Gasteiger partial charge on any atom is -0.345 e. The van der Waals surface area contributed by atoms with Gasteiger partial charge in [0.2, 0.25) is 5.91 Å². The molecular formula is C24H28N4O. The summed E-state index contributed by atoms with van der Waals surface area (Å²) in [6.45, 7) is 7.07. The lowest BCUT2D eigenvalue weighted by molar-refractivity contribution is -0.134. The summed E-state index contributed by atoms with van der Waals surface area (Å²) in [5.41, 5.74) is 3.56. The first-order chi connectivity index (χ1) is 14.1. The zero-order chi connectivity index (χ0) is 20.2. The van der Waals surface area contributed by atoms with Crippen molar-refractivity contribution in [3.05, 3.63) is 89.5 Å². The molecule has 0 aliphatic carbocycles. The second-order valence-corrected chi connectivity index (χ2v) is 7.76. The molecule has 1 saturated heterocycles. The molecule has 4 rings (SSSR count). The molecule has 0 radical (unpaired) electrons. The summed E-state index contributed by atoms with van der Waals surface area (Å²) in [6, 6.07) is 21.5. The maximum atomic E-state index is 13.0. The largest absolute Gasteiger partial charge is 0.345 e. The van der Waals surface area contributed by atoms with E-state index in [9.17, 15) is 4.79 Å². The number of carbonyl (C=O) groups excluding carboxylic acids is 1. The fraction of sp³-hybridized carbons (Fsp3) is 0.333. The van der Waals surface area contributed by atoms with Crippen LogP contribution >= 0.6 is 0 Å². The Balaban J connectivity index is 1.47. The summed E-state index contributed by atoms with van der Waals surface area (Å²) in [4.78, 5) is 25.0. The van der Waals surface area contributed by atoms with Crippen molar-refractivity contribution in [3.63, 3.8) is 0 Å². The van der Waals surface area contributed by atoms with Crippen LogP contribution in [0.25, 0.3) is 0 Å². The minimum atomic E-state index is -0.241. The summed E-state index contributed by atoms with van der Waals surface area (Å²) < 4.78 is 0. The number of aryl methyl sites for hydroxylation is 1. The van der Waals surface area contributed by atoms with E-state index in [0.717, 1.165) is 37.7 Å². The van der Waals surface area contributed by atoms with E-state index >= 15 is 0 Å². The van der Waals surface area contributed by atoms with Crippen LogP contribution in [0.3, 0.4) is 0 Å². The molecule has 1 amide bonds. The van der Waals surface area contributed by atoms with Gasteiger partial charge in [-0.25, -0.2) is 4.98 Å². The highest BCUT2D eigenvalue weighted by molar-refractivity contribution is 5.82. The maximum absolute atomic E-state index is 13.0. The third kappa shape index (κ3) is 4.25. The van der Waals surface area contributed by atoms with Gasteiger partial charge in [-0.15, -0.1) is 0 Å². The second kappa shape index (κ2) is 8.62. The second-order valence-electron chi connectivity index (χ2n) is 7.76. The van der Waals surface area contributed by atoms with Crippen LogP contribution < -0.4 is 0 Å². The van der Waals surface area contributed by atoms with Crippen molar-refractivity contribution in [1.82, 2.24) is 19.8 Å². The van der Waals surface area contributed by atoms with E-state index in [2.05, 4.69) is 75.5 Å². The molecule has 1 aliphatic heterocycles. The number of hydrogen-bond acceptors (Lipinski definition) is 3. The van der Waals surface area contributed by atoms with Gasteiger partial charge in [0.15, 0.2) is 0 Å². The van der Waals surface area contributed by atoms with Crippen LogP contribution in [0, 0.1) is 6.92 Å². The van der Waals surface area contributed by atoms with Crippen molar-refractivity contribution in [2.24, 2.45) is 0 Å². The predicted molar refractivity (Wildman–Crippen MR) is 115 cm³/mol. The Bertz CT molecular complexity index is 890. The maximum Gasteiger partial charge on any atom is 0.233 e. The number of nitrogens with zero attached hydrogens (tertiary/aromatic N) is 3. The molecule has 0 spiro atoms. The van der Waals surface area contributed by atoms with Crippen molar-refractivity contribution in [1.29, 1.82) is 0 Å². The zero-order valence-corrected chi connectivity index (χ0v) is 17.1. The highest BCUT2D eigenvalue weighted by atomic mass is 16.2. The molecule has 0 saturated carbocycles. The van der Waals surface area contributed by atoms with Gasteiger partial charge in [0.25, 0.3) is 0 Å². The smallest absolute Gasteiger partial charge is 0.233 e. The quantitative estimate of drug-likeness (QED) is 0.724. The molecule has 150 valence electrons. The molecule has 1 aliphatic rings. The Morgan fingerprint density at radius 2 is 1.48 bits per heavy atom. The summed E-state index contributed by atoms with van der Waals surface area (Å²) in [5, 5.41) is 0. The van der Waals surface area contributed by atoms with Gasteiger partial charge < -0.3 is 9.88 Å². The molecule has 1 fully saturated rings. The Kier molecular flexibility index (Phi) is 5.76. The number of carbonyl (C=O) groups is 1. The van der Waals surface area contributed by atoms with E-state index in [4.69, 9.17) is 0 Å². The van der Waals surface area contributed by atoms with E-state index in [0.29, 0.717) is 0 Å². The van der Waals surface area contributed by atoms with Crippen LogP contribution in [-0.4, -0.2) is 51.9 Å². The topological polar surface area (TPSA) is 52.2 Å². The number of piperazine rings is 1. The monoisotopic (exact) mass is 388 g/mol. The Hall–Kier alpha value is -2.92. The van der Waals surface area contributed by atoms with E-state index in [1.165, 1.54) is 11.1 Å². The van der Waals surface area contributed by atoms with Crippen LogP contribution in [0.1, 0.15) is 41.5 Å². The number of amides is 1. The Morgan fingerprint density at radius 3 is 1.97 bits per heavy atom. The fourth-order valence-corrected chi connectivity index (χ4v) is 4.13. The van der Waals surface area contributed by atoms with Gasteiger partial charge in [-0.05, 0) is 25.0 Å². The third-order valence-corrected chi connectivity index (χ3v) is 5.72. The molecule has 0 bridgehead atoms. The van der Waals surface area contributed by atoms with Gasteiger partial charge in [-0.2, -0.15) is 0 Å². The molecular weight excluding hydrogens is 360 g/mol. The number of nitrogens with one attached hydrogen (secondary N) is 1. The Morgan fingerprint density at radius 1 is 0.931 bits per heavy atom. The van der Waals surface area contributed by atoms with Gasteiger partial charge in [0.05, 0.1) is 12.0 Å². The van der Waals surface area contributed by atoms with Crippen molar-refractivity contribution in [2.75, 3.05) is 26.2 Å². The lowest BCUT2D eigenvalue weighted by atomic mass is 9.96. The first-order valence-corrected chi connectivity index (χ1v) is 10.3. The number of aromatic nitrogens is 2. The van der Waals surface area contributed by atoms with Crippen LogP contribution in [0.5, 0.6) is 0 Å². The number of rotatable bonds is 5. The number of imidazole rings is 1. The molecule has 2 aromatic carbocycles. The molecule has 5 heteroatoms. The van der Waals surface area contributed by atoms with Gasteiger partial charge in [-0.1, -0.05) is 60.7 Å². The molecule has 1 N–H and O–H groups in total. The zero-order valence-electron chi connectivity index (χ0n) is 17.1. The highest BCUT2D eigenvalue weighted by Gasteiger charge is 2.30. The number of hydrogen-bond donors (Lipinski definition) is 1. The molecule has 1 atom stereocenters. The first-order valence-electron chi connectivity index (χ1n) is 10.3. The van der Waals surface area contributed by atoms with Crippen LogP contribution in [0.15, 0.2) is 66.9 Å². The normalized spacial score (nSPS) is 16.2. The number of benzene rings is 2. The van der Waals surface area contributed by atoms with E-state index < -0.39 is 0 Å². The SMILES string of the molecule is Cc1cnc(C(C)C(=O)N2CCN(C(c3ccccc3)c3ccccc3)CC2)[nH]1. The van der Waals surface area contributed by atoms with Gasteiger partial charge in [0, 0.05) is 38.1 Å². The summed E-state index contributed by atoms with van der Waals surface area (Å²) >= 11 is 0. The number of aromatic amines is 1. The van der Waals surface area contributed by atoms with Crippen LogP contribution in [0.2, 0.25) is 0 Å². The predicted octanol–water partition coefficient (Wildman–Crippen LogP) is 3.76. The average Bonchev–Trinajstić information content (AvgIpc) is 3.21. The fourth-order valence-electron chi connectivity index (χ4n) is 4.13. The van der Waals surface area contributed by atoms with Gasteiger partial charge >= 0.3 is 0 Å². The molecule has 3 aromatic rings. The summed E-state index contributed by atoms with van der Waals surface area (Å²) in [6.07, 6.45) is 1.78. The standard InChI is InChI=1S/C24H28N4O/c1-18-17-25-23(26-18)19(2)24(29)28-15-13-27(14-16-28)22(20-9-5-3-6-10-20)21-11-7-4-8-12-21/h3-12,17,19,22H,13-16H2,1-2H3,(H,25,26). The summed E-state index contributed by atoms with van der Waals surface area (Å²) in [7, 11) is 0. The molecule has 1 unspecified atom stereocenters. The minimum absolute atomic E-state index is 0.148. The number of H-pyrrole nitrogens is 1. The lowest BCUT2D eigenvalue weighted by Gasteiger charge is -2.40. The van der Waals surface area contributed by atoms with E-state index in [1.54, 1.807) is 6.20 Å². The van der Waals surface area contributed by atoms with E-state index in [1.807, 2.05) is 18.7 Å². The Labute approximate surface area is 172 Å². The van der Waals surface area contributed by atoms with Crippen molar-refractivity contribution in [3.8, 4) is 0 Å². The highest BCUT2D eigenvalue weighted by Crippen LogP contribution is 2.30. The van der Waals surface area contributed by atoms with Crippen LogP contribution in [-0.2, 0) is 4.79 Å². The molecule has 5 nitrogen and oxygen atoms in total. The average molecular weight is 389 g/mol. The van der Waals surface area contributed by atoms with Crippen molar-refractivity contribution < 1.29 is 4.79 Å². The lowest BCUT2D eigenvalue weighted by Crippen LogP contribution is -2.50. The third-order valence-electron chi connectivity index (χ3n) is 5.72. The van der Waals surface area contributed by atoms with Crippen LogP contribution in [0.4, 0.5) is 0 Å². The van der Waals surface area contributed by atoms with E-state index in [-0.39, 0.29) is 17.9 Å². The first kappa shape index (κ1) is 19.4.